The fraction of sp³-hybridized carbons (Fsp3) is 0.857. The minimum atomic E-state index is -0.143. The van der Waals surface area contributed by atoms with Gasteiger partial charge in [0.25, 0.3) is 0 Å². The van der Waals surface area contributed by atoms with Crippen LogP contribution in [0.5, 0.6) is 0 Å². The van der Waals surface area contributed by atoms with Gasteiger partial charge in [-0.2, -0.15) is 0 Å². The number of carbonyl (C=O) groups excluding carboxylic acids is 2. The van der Waals surface area contributed by atoms with Crippen molar-refractivity contribution in [2.24, 2.45) is 17.6 Å². The number of halogens is 1. The highest BCUT2D eigenvalue weighted by Crippen LogP contribution is 2.39. The first-order chi connectivity index (χ1) is 8.97. The van der Waals surface area contributed by atoms with Crippen LogP contribution in [0, 0.1) is 11.8 Å². The first-order valence-corrected chi connectivity index (χ1v) is 7.22. The number of nitrogens with zero attached hydrogens (tertiary/aromatic N) is 1. The summed E-state index contributed by atoms with van der Waals surface area (Å²) >= 11 is 0. The molecule has 3 N–H and O–H groups in total. The van der Waals surface area contributed by atoms with Gasteiger partial charge < -0.3 is 16.0 Å². The van der Waals surface area contributed by atoms with Crippen LogP contribution in [0.2, 0.25) is 0 Å². The van der Waals surface area contributed by atoms with Crippen LogP contribution in [-0.2, 0) is 9.59 Å². The van der Waals surface area contributed by atoms with Crippen molar-refractivity contribution in [2.75, 3.05) is 14.1 Å². The fourth-order valence-corrected chi connectivity index (χ4v) is 3.56. The molecular weight excluding hydrogens is 278 g/mol. The number of nitrogens with two attached hydrogens (primary N) is 1. The number of hydrogen-bond acceptors (Lipinski definition) is 3. The van der Waals surface area contributed by atoms with Crippen LogP contribution in [0.15, 0.2) is 0 Å². The van der Waals surface area contributed by atoms with Crippen molar-refractivity contribution in [3.8, 4) is 0 Å². The van der Waals surface area contributed by atoms with Crippen LogP contribution >= 0.6 is 12.4 Å². The summed E-state index contributed by atoms with van der Waals surface area (Å²) in [5, 5.41) is 3.09. The predicted molar refractivity (Wildman–Crippen MR) is 80.5 cm³/mol. The van der Waals surface area contributed by atoms with E-state index in [-0.39, 0.29) is 42.7 Å². The highest BCUT2D eigenvalue weighted by molar-refractivity contribution is 5.96. The van der Waals surface area contributed by atoms with Gasteiger partial charge in [0, 0.05) is 26.2 Å². The largest absolute Gasteiger partial charge is 0.352 e. The maximum atomic E-state index is 11.9. The molecule has 2 atom stereocenters. The van der Waals surface area contributed by atoms with E-state index < -0.39 is 0 Å². The molecule has 6 heteroatoms. The second kappa shape index (κ2) is 7.27. The SMILES string of the molecule is CN(C)C(=O)CC(=O)NC1C2CCCC1CC(N)C2.Cl. The third kappa shape index (κ3) is 4.09. The Morgan fingerprint density at radius 3 is 2.25 bits per heavy atom. The van der Waals surface area contributed by atoms with E-state index in [4.69, 9.17) is 5.73 Å². The molecule has 2 aliphatic carbocycles. The van der Waals surface area contributed by atoms with Gasteiger partial charge in [-0.25, -0.2) is 0 Å². The summed E-state index contributed by atoms with van der Waals surface area (Å²) in [4.78, 5) is 24.9. The van der Waals surface area contributed by atoms with Crippen LogP contribution in [0.1, 0.15) is 38.5 Å². The molecule has 2 rings (SSSR count). The maximum Gasteiger partial charge on any atom is 0.231 e. The number of amides is 2. The molecule has 0 radical (unpaired) electrons. The Balaban J connectivity index is 0.00000200. The third-order valence-electron chi connectivity index (χ3n) is 4.51. The Labute approximate surface area is 127 Å². The lowest BCUT2D eigenvalue weighted by Gasteiger charge is -2.45. The van der Waals surface area contributed by atoms with E-state index in [2.05, 4.69) is 5.32 Å². The first kappa shape index (κ1) is 17.2. The van der Waals surface area contributed by atoms with Gasteiger partial charge in [0.05, 0.1) is 0 Å². The standard InChI is InChI=1S/C14H25N3O2.ClH/c1-17(2)13(19)8-12(18)16-14-9-4-3-5-10(14)7-11(15)6-9;/h9-11,14H,3-8,15H2,1-2H3,(H,16,18);1H. The van der Waals surface area contributed by atoms with E-state index in [1.165, 1.54) is 11.3 Å². The highest BCUT2D eigenvalue weighted by atomic mass is 35.5. The first-order valence-electron chi connectivity index (χ1n) is 7.22. The Bertz CT molecular complexity index is 348. The van der Waals surface area contributed by atoms with Crippen molar-refractivity contribution in [1.29, 1.82) is 0 Å². The second-order valence-electron chi connectivity index (χ2n) is 6.24. The van der Waals surface area contributed by atoms with E-state index in [0.717, 1.165) is 25.7 Å². The van der Waals surface area contributed by atoms with Crippen LogP contribution < -0.4 is 11.1 Å². The molecule has 2 amide bonds. The summed E-state index contributed by atoms with van der Waals surface area (Å²) in [6, 6.07) is 0.517. The number of hydrogen-bond donors (Lipinski definition) is 2. The lowest BCUT2D eigenvalue weighted by molar-refractivity contribution is -0.135. The molecular formula is C14H26ClN3O2. The lowest BCUT2D eigenvalue weighted by Crippen LogP contribution is -2.54. The number of fused-ring (bicyclic) bond motifs is 2. The average Bonchev–Trinajstić information content (AvgIpc) is 2.30. The average molecular weight is 304 g/mol. The van der Waals surface area contributed by atoms with Gasteiger partial charge in [-0.15, -0.1) is 12.4 Å². The molecule has 0 aromatic heterocycles. The topological polar surface area (TPSA) is 75.4 Å². The van der Waals surface area contributed by atoms with Crippen molar-refractivity contribution in [3.63, 3.8) is 0 Å². The van der Waals surface area contributed by atoms with Gasteiger partial charge >= 0.3 is 0 Å². The van der Waals surface area contributed by atoms with Gasteiger partial charge in [-0.1, -0.05) is 6.42 Å². The Morgan fingerprint density at radius 2 is 1.75 bits per heavy atom. The molecule has 20 heavy (non-hydrogen) atoms. The summed E-state index contributed by atoms with van der Waals surface area (Å²) in [5.41, 5.74) is 6.07. The highest BCUT2D eigenvalue weighted by Gasteiger charge is 2.39. The van der Waals surface area contributed by atoms with Gasteiger partial charge in [-0.05, 0) is 37.5 Å². The molecule has 2 fully saturated rings. The van der Waals surface area contributed by atoms with Crippen molar-refractivity contribution in [1.82, 2.24) is 10.2 Å². The summed E-state index contributed by atoms with van der Waals surface area (Å²) in [6.07, 6.45) is 5.50. The van der Waals surface area contributed by atoms with E-state index in [0.29, 0.717) is 11.8 Å². The van der Waals surface area contributed by atoms with Crippen LogP contribution in [0.25, 0.3) is 0 Å². The zero-order valence-electron chi connectivity index (χ0n) is 12.3. The molecule has 0 aliphatic heterocycles. The quantitative estimate of drug-likeness (QED) is 0.761. The Hall–Kier alpha value is -0.810. The zero-order valence-corrected chi connectivity index (χ0v) is 13.1. The maximum absolute atomic E-state index is 11.9. The van der Waals surface area contributed by atoms with Crippen LogP contribution in [-0.4, -0.2) is 42.9 Å². The van der Waals surface area contributed by atoms with Gasteiger partial charge in [-0.3, -0.25) is 9.59 Å². The van der Waals surface area contributed by atoms with Crippen molar-refractivity contribution in [3.05, 3.63) is 0 Å². The molecule has 0 spiro atoms. The van der Waals surface area contributed by atoms with Crippen molar-refractivity contribution < 1.29 is 9.59 Å². The third-order valence-corrected chi connectivity index (χ3v) is 4.51. The minimum absolute atomic E-state index is 0. The molecule has 5 nitrogen and oxygen atoms in total. The van der Waals surface area contributed by atoms with Crippen molar-refractivity contribution >= 4 is 24.2 Å². The van der Waals surface area contributed by atoms with E-state index >= 15 is 0 Å². The summed E-state index contributed by atoms with van der Waals surface area (Å²) in [7, 11) is 3.34. The Morgan fingerprint density at radius 1 is 1.20 bits per heavy atom. The van der Waals surface area contributed by atoms with Crippen molar-refractivity contribution in [2.45, 2.75) is 50.6 Å². The molecule has 2 bridgehead atoms. The van der Waals surface area contributed by atoms with E-state index in [1.54, 1.807) is 14.1 Å². The molecule has 116 valence electrons. The molecule has 2 aliphatic rings. The monoisotopic (exact) mass is 303 g/mol. The lowest BCUT2D eigenvalue weighted by atomic mass is 9.67. The van der Waals surface area contributed by atoms with E-state index in [1.807, 2.05) is 0 Å². The molecule has 0 heterocycles. The van der Waals surface area contributed by atoms with Crippen LogP contribution in [0.4, 0.5) is 0 Å². The molecule has 0 aromatic carbocycles. The fourth-order valence-electron chi connectivity index (χ4n) is 3.56. The smallest absolute Gasteiger partial charge is 0.231 e. The number of nitrogens with one attached hydrogen (secondary N) is 1. The molecule has 2 unspecified atom stereocenters. The second-order valence-corrected chi connectivity index (χ2v) is 6.24. The molecule has 2 saturated carbocycles. The predicted octanol–water partition coefficient (Wildman–Crippen LogP) is 0.909. The van der Waals surface area contributed by atoms with Gasteiger partial charge in [0.1, 0.15) is 6.42 Å². The van der Waals surface area contributed by atoms with E-state index in [9.17, 15) is 9.59 Å². The summed E-state index contributed by atoms with van der Waals surface area (Å²) < 4.78 is 0. The normalized spacial score (nSPS) is 31.9. The summed E-state index contributed by atoms with van der Waals surface area (Å²) in [5.74, 6) is 0.716. The van der Waals surface area contributed by atoms with Gasteiger partial charge in [0.15, 0.2) is 0 Å². The minimum Gasteiger partial charge on any atom is -0.352 e. The molecule has 0 saturated heterocycles. The number of rotatable bonds is 3. The molecule has 0 aromatic rings. The van der Waals surface area contributed by atoms with Gasteiger partial charge in [0.2, 0.25) is 11.8 Å². The summed E-state index contributed by atoms with van der Waals surface area (Å²) in [6.45, 7) is 0. The zero-order chi connectivity index (χ0) is 14.0. The Kier molecular flexibility index (Phi) is 6.27. The van der Waals surface area contributed by atoms with Crippen LogP contribution in [0.3, 0.4) is 0 Å². The number of carbonyl (C=O) groups is 2.